The van der Waals surface area contributed by atoms with Gasteiger partial charge in [-0.3, -0.25) is 4.79 Å². The SMILES string of the molecule is CC[C@@H](C(=O)NCc1ccccc1CN(C)C)c1ccccc1. The van der Waals surface area contributed by atoms with Crippen molar-refractivity contribution in [3.8, 4) is 0 Å². The minimum absolute atomic E-state index is 0.0859. The molecular formula is C20H26N2O. The number of hydrogen-bond acceptors (Lipinski definition) is 2. The Kier molecular flexibility index (Phi) is 6.36. The van der Waals surface area contributed by atoms with Crippen molar-refractivity contribution < 1.29 is 4.79 Å². The minimum atomic E-state index is -0.0859. The van der Waals surface area contributed by atoms with Gasteiger partial charge >= 0.3 is 0 Å². The number of amides is 1. The summed E-state index contributed by atoms with van der Waals surface area (Å²) in [5.74, 6) is 0.00978. The summed E-state index contributed by atoms with van der Waals surface area (Å²) >= 11 is 0. The highest BCUT2D eigenvalue weighted by atomic mass is 16.1. The predicted molar refractivity (Wildman–Crippen MR) is 95.2 cm³/mol. The van der Waals surface area contributed by atoms with Gasteiger partial charge in [0.05, 0.1) is 5.92 Å². The van der Waals surface area contributed by atoms with Crippen LogP contribution in [0, 0.1) is 0 Å². The second-order valence-corrected chi connectivity index (χ2v) is 6.10. The van der Waals surface area contributed by atoms with Crippen LogP contribution in [0.1, 0.15) is 36.0 Å². The number of benzene rings is 2. The van der Waals surface area contributed by atoms with Gasteiger partial charge in [-0.05, 0) is 37.2 Å². The predicted octanol–water partition coefficient (Wildman–Crippen LogP) is 3.56. The summed E-state index contributed by atoms with van der Waals surface area (Å²) in [5.41, 5.74) is 3.51. The van der Waals surface area contributed by atoms with E-state index in [0.29, 0.717) is 6.54 Å². The van der Waals surface area contributed by atoms with Crippen LogP contribution in [0.5, 0.6) is 0 Å². The van der Waals surface area contributed by atoms with Crippen LogP contribution in [0.3, 0.4) is 0 Å². The van der Waals surface area contributed by atoms with Gasteiger partial charge in [0.1, 0.15) is 0 Å². The number of hydrogen-bond donors (Lipinski definition) is 1. The van der Waals surface area contributed by atoms with Crippen molar-refractivity contribution in [3.05, 3.63) is 71.3 Å². The number of nitrogens with one attached hydrogen (secondary N) is 1. The summed E-state index contributed by atoms with van der Waals surface area (Å²) in [6.07, 6.45) is 0.801. The molecule has 0 saturated heterocycles. The Hall–Kier alpha value is -2.13. The molecule has 23 heavy (non-hydrogen) atoms. The first-order valence-corrected chi connectivity index (χ1v) is 8.16. The molecule has 122 valence electrons. The van der Waals surface area contributed by atoms with Crippen molar-refractivity contribution in [2.45, 2.75) is 32.4 Å². The second-order valence-electron chi connectivity index (χ2n) is 6.10. The highest BCUT2D eigenvalue weighted by Gasteiger charge is 2.18. The summed E-state index contributed by atoms with van der Waals surface area (Å²) in [4.78, 5) is 14.7. The molecule has 0 aliphatic carbocycles. The van der Waals surface area contributed by atoms with Gasteiger partial charge in [0, 0.05) is 13.1 Å². The molecule has 0 bridgehead atoms. The number of nitrogens with zero attached hydrogens (tertiary/aromatic N) is 1. The van der Waals surface area contributed by atoms with Crippen molar-refractivity contribution in [3.63, 3.8) is 0 Å². The standard InChI is InChI=1S/C20H26N2O/c1-4-19(16-10-6-5-7-11-16)20(23)21-14-17-12-8-9-13-18(17)15-22(2)3/h5-13,19H,4,14-15H2,1-3H3,(H,21,23)/t19-/m1/s1. The van der Waals surface area contributed by atoms with E-state index in [0.717, 1.165) is 18.5 Å². The lowest BCUT2D eigenvalue weighted by atomic mass is 9.95. The molecule has 0 aliphatic rings. The van der Waals surface area contributed by atoms with Crippen molar-refractivity contribution >= 4 is 5.91 Å². The fourth-order valence-corrected chi connectivity index (χ4v) is 2.79. The average molecular weight is 310 g/mol. The quantitative estimate of drug-likeness (QED) is 0.848. The van der Waals surface area contributed by atoms with E-state index in [-0.39, 0.29) is 11.8 Å². The van der Waals surface area contributed by atoms with Gasteiger partial charge in [-0.15, -0.1) is 0 Å². The fourth-order valence-electron chi connectivity index (χ4n) is 2.79. The van der Waals surface area contributed by atoms with Crippen LogP contribution in [0.25, 0.3) is 0 Å². The van der Waals surface area contributed by atoms with Gasteiger partial charge in [0.25, 0.3) is 0 Å². The monoisotopic (exact) mass is 310 g/mol. The number of carbonyl (C=O) groups excluding carboxylic acids is 1. The van der Waals surface area contributed by atoms with Crippen LogP contribution >= 0.6 is 0 Å². The van der Waals surface area contributed by atoms with Gasteiger partial charge < -0.3 is 10.2 Å². The van der Waals surface area contributed by atoms with Gasteiger partial charge in [0.15, 0.2) is 0 Å². The van der Waals surface area contributed by atoms with E-state index < -0.39 is 0 Å². The van der Waals surface area contributed by atoms with E-state index in [1.807, 2.05) is 42.5 Å². The fraction of sp³-hybridized carbons (Fsp3) is 0.350. The van der Waals surface area contributed by atoms with Crippen molar-refractivity contribution in [2.24, 2.45) is 0 Å². The molecule has 1 amide bonds. The third-order valence-corrected chi connectivity index (χ3v) is 3.98. The van der Waals surface area contributed by atoms with Crippen LogP contribution in [0.2, 0.25) is 0 Å². The molecule has 0 saturated carbocycles. The third kappa shape index (κ3) is 4.93. The minimum Gasteiger partial charge on any atom is -0.351 e. The number of rotatable bonds is 7. The molecule has 0 spiro atoms. The first kappa shape index (κ1) is 17.2. The van der Waals surface area contributed by atoms with Crippen LogP contribution < -0.4 is 5.32 Å². The lowest BCUT2D eigenvalue weighted by Gasteiger charge is -2.18. The number of carbonyl (C=O) groups is 1. The molecule has 2 aromatic rings. The molecule has 1 N–H and O–H groups in total. The maximum Gasteiger partial charge on any atom is 0.227 e. The van der Waals surface area contributed by atoms with Gasteiger partial charge in [-0.25, -0.2) is 0 Å². The first-order valence-electron chi connectivity index (χ1n) is 8.16. The summed E-state index contributed by atoms with van der Waals surface area (Å²) in [5, 5.41) is 3.10. The van der Waals surface area contributed by atoms with Crippen LogP contribution in [-0.4, -0.2) is 24.9 Å². The maximum absolute atomic E-state index is 12.6. The molecular weight excluding hydrogens is 284 g/mol. The highest BCUT2D eigenvalue weighted by Crippen LogP contribution is 2.19. The van der Waals surface area contributed by atoms with E-state index in [2.05, 4.69) is 43.4 Å². The van der Waals surface area contributed by atoms with Gasteiger partial charge in [-0.1, -0.05) is 61.5 Å². The molecule has 3 nitrogen and oxygen atoms in total. The lowest BCUT2D eigenvalue weighted by molar-refractivity contribution is -0.122. The lowest BCUT2D eigenvalue weighted by Crippen LogP contribution is -2.29. The summed E-state index contributed by atoms with van der Waals surface area (Å²) in [7, 11) is 4.11. The summed E-state index contributed by atoms with van der Waals surface area (Å²) in [6, 6.07) is 18.3. The van der Waals surface area contributed by atoms with E-state index in [4.69, 9.17) is 0 Å². The van der Waals surface area contributed by atoms with Crippen molar-refractivity contribution in [1.29, 1.82) is 0 Å². The Morgan fingerprint density at radius 2 is 1.61 bits per heavy atom. The van der Waals surface area contributed by atoms with Crippen molar-refractivity contribution in [2.75, 3.05) is 14.1 Å². The summed E-state index contributed by atoms with van der Waals surface area (Å²) < 4.78 is 0. The van der Waals surface area contributed by atoms with E-state index in [1.54, 1.807) is 0 Å². The molecule has 0 unspecified atom stereocenters. The molecule has 0 aromatic heterocycles. The van der Waals surface area contributed by atoms with Crippen LogP contribution in [0.15, 0.2) is 54.6 Å². The Labute approximate surface area is 139 Å². The van der Waals surface area contributed by atoms with Gasteiger partial charge in [-0.2, -0.15) is 0 Å². The summed E-state index contributed by atoms with van der Waals surface area (Å²) in [6.45, 7) is 3.51. The second kappa shape index (κ2) is 8.49. The Morgan fingerprint density at radius 3 is 2.22 bits per heavy atom. The van der Waals surface area contributed by atoms with Crippen LogP contribution in [-0.2, 0) is 17.9 Å². The smallest absolute Gasteiger partial charge is 0.227 e. The molecule has 2 aromatic carbocycles. The molecule has 3 heteroatoms. The topological polar surface area (TPSA) is 32.3 Å². The molecule has 0 fully saturated rings. The normalized spacial score (nSPS) is 12.2. The molecule has 1 atom stereocenters. The Morgan fingerprint density at radius 1 is 1.00 bits per heavy atom. The van der Waals surface area contributed by atoms with E-state index in [9.17, 15) is 4.79 Å². The zero-order valence-corrected chi connectivity index (χ0v) is 14.3. The Balaban J connectivity index is 2.04. The highest BCUT2D eigenvalue weighted by molar-refractivity contribution is 5.83. The molecule has 0 aliphatic heterocycles. The van der Waals surface area contributed by atoms with E-state index in [1.165, 1.54) is 11.1 Å². The Bertz CT molecular complexity index is 623. The zero-order valence-electron chi connectivity index (χ0n) is 14.3. The third-order valence-electron chi connectivity index (χ3n) is 3.98. The molecule has 0 heterocycles. The molecule has 0 radical (unpaired) electrons. The largest absolute Gasteiger partial charge is 0.351 e. The maximum atomic E-state index is 12.6. The average Bonchev–Trinajstić information content (AvgIpc) is 2.55. The zero-order chi connectivity index (χ0) is 16.7. The van der Waals surface area contributed by atoms with Crippen LogP contribution in [0.4, 0.5) is 0 Å². The van der Waals surface area contributed by atoms with Gasteiger partial charge in [0.2, 0.25) is 5.91 Å². The van der Waals surface area contributed by atoms with Crippen molar-refractivity contribution in [1.82, 2.24) is 10.2 Å². The first-order chi connectivity index (χ1) is 11.1. The van der Waals surface area contributed by atoms with E-state index >= 15 is 0 Å². The molecule has 2 rings (SSSR count).